The maximum Gasteiger partial charge on any atom is 0.272 e. The van der Waals surface area contributed by atoms with Gasteiger partial charge in [0.2, 0.25) is 0 Å². The molecule has 0 amide bonds. The van der Waals surface area contributed by atoms with Crippen LogP contribution in [0, 0.1) is 0 Å². The van der Waals surface area contributed by atoms with Crippen molar-refractivity contribution in [3.63, 3.8) is 0 Å². The van der Waals surface area contributed by atoms with Crippen LogP contribution in [0.25, 0.3) is 10.8 Å². The van der Waals surface area contributed by atoms with Crippen molar-refractivity contribution in [1.82, 2.24) is 10.2 Å². The van der Waals surface area contributed by atoms with Crippen molar-refractivity contribution in [2.75, 3.05) is 19.5 Å². The average Bonchev–Trinajstić information content (AvgIpc) is 2.62. The second kappa shape index (κ2) is 6.80. The second-order valence-electron chi connectivity index (χ2n) is 5.14. The van der Waals surface area contributed by atoms with Gasteiger partial charge in [0.1, 0.15) is 11.5 Å². The lowest BCUT2D eigenvalue weighted by atomic mass is 10.1. The molecule has 0 spiro atoms. The fraction of sp³-hybridized carbons (Fsp3) is 0.176. The fourth-order valence-electron chi connectivity index (χ4n) is 2.46. The molecular formula is C17H16ClN3O3. The molecule has 3 rings (SSSR count). The number of halogens is 1. The predicted molar refractivity (Wildman–Crippen MR) is 94.2 cm³/mol. The highest BCUT2D eigenvalue weighted by Gasteiger charge is 2.08. The first-order valence-electron chi connectivity index (χ1n) is 7.25. The minimum absolute atomic E-state index is 0.257. The molecule has 7 heteroatoms. The summed E-state index contributed by atoms with van der Waals surface area (Å²) in [6, 6.07) is 10.9. The Hall–Kier alpha value is -2.73. The number of ether oxygens (including phenoxy) is 2. The molecule has 24 heavy (non-hydrogen) atoms. The first-order chi connectivity index (χ1) is 11.6. The van der Waals surface area contributed by atoms with Crippen molar-refractivity contribution < 1.29 is 9.47 Å². The van der Waals surface area contributed by atoms with Gasteiger partial charge in [-0.1, -0.05) is 11.6 Å². The van der Waals surface area contributed by atoms with Crippen LogP contribution in [-0.4, -0.2) is 24.4 Å². The number of benzene rings is 2. The number of rotatable bonds is 5. The van der Waals surface area contributed by atoms with Crippen LogP contribution in [0.2, 0.25) is 5.15 Å². The van der Waals surface area contributed by atoms with E-state index in [4.69, 9.17) is 21.1 Å². The smallest absolute Gasteiger partial charge is 0.272 e. The Kier molecular flexibility index (Phi) is 4.57. The van der Waals surface area contributed by atoms with Gasteiger partial charge in [0.25, 0.3) is 5.56 Å². The van der Waals surface area contributed by atoms with Gasteiger partial charge < -0.3 is 14.8 Å². The number of hydrogen-bond acceptors (Lipinski definition) is 5. The topological polar surface area (TPSA) is 76.2 Å². The maximum atomic E-state index is 11.7. The molecule has 0 aliphatic heterocycles. The number of aromatic nitrogens is 2. The Balaban J connectivity index is 1.88. The summed E-state index contributed by atoms with van der Waals surface area (Å²) in [7, 11) is 3.24. The number of nitrogens with one attached hydrogen (secondary N) is 2. The molecule has 0 radical (unpaired) electrons. The third-order valence-electron chi connectivity index (χ3n) is 3.71. The molecule has 2 N–H and O–H groups in total. The van der Waals surface area contributed by atoms with Crippen LogP contribution in [0.4, 0.5) is 5.69 Å². The standard InChI is InChI=1S/C17H16ClN3O3/c1-23-12-4-6-15(24-2)10(7-12)9-19-11-3-5-13-14(8-11)16(18)20-21-17(13)22/h3-8,19H,9H2,1-2H3,(H,21,22). The van der Waals surface area contributed by atoms with Crippen molar-refractivity contribution >= 4 is 28.1 Å². The van der Waals surface area contributed by atoms with Gasteiger partial charge in [-0.05, 0) is 36.4 Å². The number of methoxy groups -OCH3 is 2. The van der Waals surface area contributed by atoms with Crippen molar-refractivity contribution in [3.8, 4) is 11.5 Å². The van der Waals surface area contributed by atoms with Crippen LogP contribution >= 0.6 is 11.6 Å². The number of nitrogens with zero attached hydrogens (tertiary/aromatic N) is 1. The average molecular weight is 346 g/mol. The summed E-state index contributed by atoms with van der Waals surface area (Å²) in [5, 5.41) is 10.8. The molecule has 0 saturated heterocycles. The van der Waals surface area contributed by atoms with Gasteiger partial charge in [0.15, 0.2) is 5.15 Å². The Bertz CT molecular complexity index is 940. The summed E-state index contributed by atoms with van der Waals surface area (Å²) < 4.78 is 10.6. The van der Waals surface area contributed by atoms with E-state index in [0.29, 0.717) is 17.3 Å². The lowest BCUT2D eigenvalue weighted by Crippen LogP contribution is -2.09. The highest BCUT2D eigenvalue weighted by molar-refractivity contribution is 6.34. The predicted octanol–water partition coefficient (Wildman–Crippen LogP) is 3.21. The number of aromatic amines is 1. The second-order valence-corrected chi connectivity index (χ2v) is 5.49. The van der Waals surface area contributed by atoms with Gasteiger partial charge in [0, 0.05) is 23.2 Å². The quantitative estimate of drug-likeness (QED) is 0.742. The van der Waals surface area contributed by atoms with Gasteiger partial charge in [-0.3, -0.25) is 4.79 Å². The normalized spacial score (nSPS) is 10.6. The molecule has 0 aliphatic carbocycles. The molecule has 6 nitrogen and oxygen atoms in total. The first kappa shape index (κ1) is 16.1. The number of anilines is 1. The lowest BCUT2D eigenvalue weighted by Gasteiger charge is -2.12. The number of hydrogen-bond donors (Lipinski definition) is 2. The molecule has 0 saturated carbocycles. The van der Waals surface area contributed by atoms with E-state index in [1.165, 1.54) is 0 Å². The summed E-state index contributed by atoms with van der Waals surface area (Å²) in [6.07, 6.45) is 0. The molecule has 0 aliphatic rings. The van der Waals surface area contributed by atoms with E-state index < -0.39 is 0 Å². The SMILES string of the molecule is COc1ccc(OC)c(CNc2ccc3c(=O)[nH]nc(Cl)c3c2)c1. The zero-order chi connectivity index (χ0) is 17.1. The van der Waals surface area contributed by atoms with Crippen molar-refractivity contribution in [2.24, 2.45) is 0 Å². The molecule has 0 bridgehead atoms. The van der Waals surface area contributed by atoms with E-state index >= 15 is 0 Å². The minimum Gasteiger partial charge on any atom is -0.497 e. The highest BCUT2D eigenvalue weighted by atomic mass is 35.5. The Morgan fingerprint density at radius 3 is 2.71 bits per heavy atom. The first-order valence-corrected chi connectivity index (χ1v) is 7.63. The summed E-state index contributed by atoms with van der Waals surface area (Å²) in [4.78, 5) is 11.7. The van der Waals surface area contributed by atoms with E-state index in [-0.39, 0.29) is 10.7 Å². The maximum absolute atomic E-state index is 11.7. The van der Waals surface area contributed by atoms with E-state index in [1.54, 1.807) is 26.4 Å². The van der Waals surface area contributed by atoms with Crippen molar-refractivity contribution in [2.45, 2.75) is 6.54 Å². The van der Waals surface area contributed by atoms with Gasteiger partial charge >= 0.3 is 0 Å². The molecule has 124 valence electrons. The van der Waals surface area contributed by atoms with Crippen LogP contribution in [0.3, 0.4) is 0 Å². The molecule has 0 atom stereocenters. The van der Waals surface area contributed by atoms with Crippen molar-refractivity contribution in [1.29, 1.82) is 0 Å². The summed E-state index contributed by atoms with van der Waals surface area (Å²) >= 11 is 6.06. The van der Waals surface area contributed by atoms with E-state index in [9.17, 15) is 4.79 Å². The highest BCUT2D eigenvalue weighted by Crippen LogP contribution is 2.26. The summed E-state index contributed by atoms with van der Waals surface area (Å²) in [5.41, 5.74) is 1.50. The number of fused-ring (bicyclic) bond motifs is 1. The van der Waals surface area contributed by atoms with Crippen LogP contribution in [0.15, 0.2) is 41.2 Å². The largest absolute Gasteiger partial charge is 0.497 e. The van der Waals surface area contributed by atoms with Gasteiger partial charge in [-0.2, -0.15) is 5.10 Å². The zero-order valence-electron chi connectivity index (χ0n) is 13.2. The zero-order valence-corrected chi connectivity index (χ0v) is 14.0. The summed E-state index contributed by atoms with van der Waals surface area (Å²) in [6.45, 7) is 0.528. The monoisotopic (exact) mass is 345 g/mol. The van der Waals surface area contributed by atoms with Crippen LogP contribution in [-0.2, 0) is 6.54 Å². The summed E-state index contributed by atoms with van der Waals surface area (Å²) in [5.74, 6) is 1.52. The molecule has 1 aromatic heterocycles. The third kappa shape index (κ3) is 3.14. The Labute approximate surface area is 143 Å². The molecular weight excluding hydrogens is 330 g/mol. The fourth-order valence-corrected chi connectivity index (χ4v) is 2.66. The van der Waals surface area contributed by atoms with Gasteiger partial charge in [-0.15, -0.1) is 0 Å². The van der Waals surface area contributed by atoms with Crippen LogP contribution in [0.5, 0.6) is 11.5 Å². The molecule has 0 fully saturated rings. The van der Waals surface area contributed by atoms with E-state index in [0.717, 1.165) is 22.7 Å². The Morgan fingerprint density at radius 2 is 1.96 bits per heavy atom. The molecule has 1 heterocycles. The molecule has 2 aromatic carbocycles. The Morgan fingerprint density at radius 1 is 1.12 bits per heavy atom. The van der Waals surface area contributed by atoms with Crippen molar-refractivity contribution in [3.05, 3.63) is 57.5 Å². The number of H-pyrrole nitrogens is 1. The third-order valence-corrected chi connectivity index (χ3v) is 4.00. The van der Waals surface area contributed by atoms with Crippen LogP contribution in [0.1, 0.15) is 5.56 Å². The van der Waals surface area contributed by atoms with Gasteiger partial charge in [0.05, 0.1) is 19.6 Å². The van der Waals surface area contributed by atoms with Crippen LogP contribution < -0.4 is 20.3 Å². The molecule has 0 unspecified atom stereocenters. The van der Waals surface area contributed by atoms with Gasteiger partial charge in [-0.25, -0.2) is 5.10 Å². The van der Waals surface area contributed by atoms with E-state index in [2.05, 4.69) is 15.5 Å². The minimum atomic E-state index is -0.268. The molecule has 3 aromatic rings. The van der Waals surface area contributed by atoms with E-state index in [1.807, 2.05) is 24.3 Å². The lowest BCUT2D eigenvalue weighted by molar-refractivity contribution is 0.399.